The normalized spacial score (nSPS) is 11.2. The molecule has 2 amide bonds. The predicted molar refractivity (Wildman–Crippen MR) is 102 cm³/mol. The zero-order valence-electron chi connectivity index (χ0n) is 15.4. The first-order chi connectivity index (χ1) is 11.6. The number of carbonyl (C=O) groups excluding carboxylic acids is 2. The van der Waals surface area contributed by atoms with Gasteiger partial charge in [0, 0.05) is 16.0 Å². The highest BCUT2D eigenvalue weighted by atomic mass is 32.1. The van der Waals surface area contributed by atoms with Gasteiger partial charge in [0.15, 0.2) is 0 Å². The third kappa shape index (κ3) is 5.98. The van der Waals surface area contributed by atoms with Gasteiger partial charge in [-0.15, -0.1) is 11.3 Å². The number of nitrogens with zero attached hydrogens (tertiary/aromatic N) is 1. The Balaban J connectivity index is 2.02. The average Bonchev–Trinajstić information content (AvgIpc) is 2.85. The van der Waals surface area contributed by atoms with Crippen LogP contribution < -0.4 is 10.6 Å². The Hall–Kier alpha value is -2.21. The Morgan fingerprint density at radius 3 is 2.32 bits per heavy atom. The van der Waals surface area contributed by atoms with Gasteiger partial charge in [-0.25, -0.2) is 4.98 Å². The summed E-state index contributed by atoms with van der Waals surface area (Å²) in [5.74, 6) is -0.374. The molecule has 0 saturated heterocycles. The standard InChI is InChI=1S/C19H25N3O2S/c1-12-6-8-14(9-7-12)18-15(25-13(2)21-18)10-16(23)20-11-17(24)22-19(3,4)5/h6-9H,10-11H2,1-5H3,(H,20,23)(H,22,24). The zero-order chi connectivity index (χ0) is 18.6. The van der Waals surface area contributed by atoms with E-state index in [2.05, 4.69) is 15.6 Å². The number of hydrogen-bond donors (Lipinski definition) is 2. The van der Waals surface area contributed by atoms with Crippen molar-refractivity contribution in [3.8, 4) is 11.3 Å². The Morgan fingerprint density at radius 2 is 1.72 bits per heavy atom. The second kappa shape index (κ2) is 7.78. The van der Waals surface area contributed by atoms with Gasteiger partial charge >= 0.3 is 0 Å². The maximum absolute atomic E-state index is 12.2. The fourth-order valence-corrected chi connectivity index (χ4v) is 3.33. The zero-order valence-corrected chi connectivity index (χ0v) is 16.2. The van der Waals surface area contributed by atoms with Crippen molar-refractivity contribution in [1.29, 1.82) is 0 Å². The van der Waals surface area contributed by atoms with Crippen molar-refractivity contribution in [2.75, 3.05) is 6.54 Å². The van der Waals surface area contributed by atoms with Gasteiger partial charge in [0.25, 0.3) is 0 Å². The van der Waals surface area contributed by atoms with E-state index in [-0.39, 0.29) is 30.3 Å². The first-order valence-electron chi connectivity index (χ1n) is 8.25. The van der Waals surface area contributed by atoms with Crippen LogP contribution in [0.3, 0.4) is 0 Å². The second-order valence-electron chi connectivity index (χ2n) is 7.12. The Kier molecular flexibility index (Phi) is 5.95. The molecule has 0 saturated carbocycles. The summed E-state index contributed by atoms with van der Waals surface area (Å²) in [7, 11) is 0. The minimum Gasteiger partial charge on any atom is -0.350 e. The lowest BCUT2D eigenvalue weighted by Crippen LogP contribution is -2.46. The quantitative estimate of drug-likeness (QED) is 0.862. The van der Waals surface area contributed by atoms with Crippen molar-refractivity contribution in [2.24, 2.45) is 0 Å². The van der Waals surface area contributed by atoms with Crippen LogP contribution in [0, 0.1) is 13.8 Å². The summed E-state index contributed by atoms with van der Waals surface area (Å²) in [4.78, 5) is 29.5. The number of rotatable bonds is 5. The van der Waals surface area contributed by atoms with Crippen LogP contribution >= 0.6 is 11.3 Å². The monoisotopic (exact) mass is 359 g/mol. The molecule has 2 N–H and O–H groups in total. The lowest BCUT2D eigenvalue weighted by molar-refractivity contribution is -0.126. The predicted octanol–water partition coefficient (Wildman–Crippen LogP) is 3.00. The van der Waals surface area contributed by atoms with Gasteiger partial charge in [0.05, 0.1) is 23.7 Å². The molecule has 6 heteroatoms. The van der Waals surface area contributed by atoms with E-state index in [9.17, 15) is 9.59 Å². The summed E-state index contributed by atoms with van der Waals surface area (Å²) in [6.07, 6.45) is 0.220. The minimum atomic E-state index is -0.310. The molecular formula is C19H25N3O2S. The SMILES string of the molecule is Cc1ccc(-c2nc(C)sc2CC(=O)NCC(=O)NC(C)(C)C)cc1. The summed E-state index contributed by atoms with van der Waals surface area (Å²) in [6, 6.07) is 8.10. The highest BCUT2D eigenvalue weighted by Gasteiger charge is 2.17. The lowest BCUT2D eigenvalue weighted by Gasteiger charge is -2.20. The van der Waals surface area contributed by atoms with E-state index in [1.807, 2.05) is 58.9 Å². The van der Waals surface area contributed by atoms with Crippen LogP contribution in [0.25, 0.3) is 11.3 Å². The molecule has 0 radical (unpaired) electrons. The number of aryl methyl sites for hydroxylation is 2. The van der Waals surface area contributed by atoms with Crippen molar-refractivity contribution in [2.45, 2.75) is 46.6 Å². The molecule has 0 aliphatic rings. The Morgan fingerprint density at radius 1 is 1.08 bits per heavy atom. The van der Waals surface area contributed by atoms with E-state index in [0.717, 1.165) is 21.1 Å². The smallest absolute Gasteiger partial charge is 0.239 e. The fraction of sp³-hybridized carbons (Fsp3) is 0.421. The molecular weight excluding hydrogens is 334 g/mol. The second-order valence-corrected chi connectivity index (χ2v) is 8.41. The molecule has 1 heterocycles. The lowest BCUT2D eigenvalue weighted by atomic mass is 10.1. The molecule has 134 valence electrons. The number of nitrogens with one attached hydrogen (secondary N) is 2. The van der Waals surface area contributed by atoms with E-state index in [4.69, 9.17) is 0 Å². The molecule has 1 aromatic carbocycles. The average molecular weight is 359 g/mol. The van der Waals surface area contributed by atoms with Crippen LogP contribution in [0.5, 0.6) is 0 Å². The molecule has 2 rings (SSSR count). The number of thiazole rings is 1. The third-order valence-electron chi connectivity index (χ3n) is 3.41. The summed E-state index contributed by atoms with van der Waals surface area (Å²) in [5, 5.41) is 6.42. The van der Waals surface area contributed by atoms with Crippen LogP contribution in [0.1, 0.15) is 36.2 Å². The molecule has 0 aliphatic carbocycles. The molecule has 0 bridgehead atoms. The first kappa shape index (κ1) is 19.1. The van der Waals surface area contributed by atoms with Crippen molar-refractivity contribution in [1.82, 2.24) is 15.6 Å². The maximum atomic E-state index is 12.2. The summed E-state index contributed by atoms with van der Waals surface area (Å²) in [6.45, 7) is 9.66. The van der Waals surface area contributed by atoms with Crippen LogP contribution in [0.15, 0.2) is 24.3 Å². The summed E-state index contributed by atoms with van der Waals surface area (Å²) in [5.41, 5.74) is 2.72. The van der Waals surface area contributed by atoms with Gasteiger partial charge in [-0.3, -0.25) is 9.59 Å². The molecule has 2 aromatic rings. The van der Waals surface area contributed by atoms with Crippen LogP contribution in [0.2, 0.25) is 0 Å². The van der Waals surface area contributed by atoms with Crippen molar-refractivity contribution in [3.63, 3.8) is 0 Å². The summed E-state index contributed by atoms with van der Waals surface area (Å²) >= 11 is 1.51. The van der Waals surface area contributed by atoms with Crippen molar-refractivity contribution >= 4 is 23.2 Å². The number of aromatic nitrogens is 1. The van der Waals surface area contributed by atoms with Crippen molar-refractivity contribution in [3.05, 3.63) is 39.7 Å². The highest BCUT2D eigenvalue weighted by Crippen LogP contribution is 2.28. The third-order valence-corrected chi connectivity index (χ3v) is 4.38. The molecule has 0 spiro atoms. The van der Waals surface area contributed by atoms with Crippen molar-refractivity contribution < 1.29 is 9.59 Å². The van der Waals surface area contributed by atoms with E-state index in [1.54, 1.807) is 0 Å². The van der Waals surface area contributed by atoms with Gasteiger partial charge in [-0.05, 0) is 34.6 Å². The van der Waals surface area contributed by atoms with Gasteiger partial charge in [-0.2, -0.15) is 0 Å². The molecule has 5 nitrogen and oxygen atoms in total. The number of amides is 2. The van der Waals surface area contributed by atoms with Crippen LogP contribution in [-0.4, -0.2) is 28.9 Å². The molecule has 1 aromatic heterocycles. The fourth-order valence-electron chi connectivity index (χ4n) is 2.38. The van der Waals surface area contributed by atoms with Gasteiger partial charge in [-0.1, -0.05) is 29.8 Å². The summed E-state index contributed by atoms with van der Waals surface area (Å²) < 4.78 is 0. The first-order valence-corrected chi connectivity index (χ1v) is 9.07. The largest absolute Gasteiger partial charge is 0.350 e. The molecule has 0 atom stereocenters. The molecule has 25 heavy (non-hydrogen) atoms. The maximum Gasteiger partial charge on any atom is 0.239 e. The number of carbonyl (C=O) groups is 2. The topological polar surface area (TPSA) is 71.1 Å². The molecule has 0 fully saturated rings. The number of hydrogen-bond acceptors (Lipinski definition) is 4. The van der Waals surface area contributed by atoms with E-state index in [0.29, 0.717) is 0 Å². The van der Waals surface area contributed by atoms with Crippen LogP contribution in [-0.2, 0) is 16.0 Å². The van der Waals surface area contributed by atoms with Crippen LogP contribution in [0.4, 0.5) is 0 Å². The van der Waals surface area contributed by atoms with Gasteiger partial charge in [0.1, 0.15) is 0 Å². The van der Waals surface area contributed by atoms with E-state index in [1.165, 1.54) is 16.9 Å². The number of benzene rings is 1. The molecule has 0 aliphatic heterocycles. The Bertz CT molecular complexity index is 758. The van der Waals surface area contributed by atoms with Gasteiger partial charge in [0.2, 0.25) is 11.8 Å². The van der Waals surface area contributed by atoms with Gasteiger partial charge < -0.3 is 10.6 Å². The Labute approximate surface area is 152 Å². The van der Waals surface area contributed by atoms with E-state index >= 15 is 0 Å². The van der Waals surface area contributed by atoms with E-state index < -0.39 is 0 Å². The minimum absolute atomic E-state index is 0.0201. The highest BCUT2D eigenvalue weighted by molar-refractivity contribution is 7.12. The molecule has 0 unspecified atom stereocenters.